The topological polar surface area (TPSA) is 155 Å². The summed E-state index contributed by atoms with van der Waals surface area (Å²) in [6.07, 6.45) is 0. The molecule has 0 saturated heterocycles. The average Bonchev–Trinajstić information content (AvgIpc) is 2.73. The number of carboxylic acids is 1. The summed E-state index contributed by atoms with van der Waals surface area (Å²) in [5.41, 5.74) is -0.152. The van der Waals surface area contributed by atoms with Crippen molar-refractivity contribution in [3.05, 3.63) is 52.1 Å². The molecule has 2 aromatic carbocycles. The molecule has 0 unspecified atom stereocenters. The molecule has 2 rings (SSSR count). The summed E-state index contributed by atoms with van der Waals surface area (Å²) in [5.74, 6) is -1.23. The van der Waals surface area contributed by atoms with Crippen LogP contribution in [0.5, 0.6) is 5.75 Å². The third-order valence-electron chi connectivity index (χ3n) is 4.19. The van der Waals surface area contributed by atoms with Crippen molar-refractivity contribution in [2.75, 3.05) is 32.8 Å². The molecule has 0 amide bonds. The number of nitro benzene ring substituents is 1. The molecule has 0 atom stereocenters. The van der Waals surface area contributed by atoms with Gasteiger partial charge in [-0.25, -0.2) is 22.5 Å². The molecule has 0 aliphatic heterocycles. The second-order valence-corrected chi connectivity index (χ2v) is 8.44. The fraction of sp³-hybridized carbons (Fsp3) is 0.278. The van der Waals surface area contributed by atoms with E-state index in [1.807, 2.05) is 0 Å². The summed E-state index contributed by atoms with van der Waals surface area (Å²) < 4.78 is 30.7. The number of carboxylic acid groups (broad SMARTS) is 1. The van der Waals surface area contributed by atoms with Crippen LogP contribution in [-0.4, -0.2) is 86.0 Å². The van der Waals surface area contributed by atoms with Gasteiger partial charge in [-0.15, -0.1) is 5.11 Å². The molecule has 0 fully saturated rings. The van der Waals surface area contributed by atoms with E-state index in [0.29, 0.717) is 0 Å². The summed E-state index contributed by atoms with van der Waals surface area (Å²) in [7, 11) is 0.172. The molecule has 0 aliphatic rings. The Bertz CT molecular complexity index is 1140. The first-order valence-electron chi connectivity index (χ1n) is 8.84. The van der Waals surface area contributed by atoms with Gasteiger partial charge in [0.2, 0.25) is 10.0 Å². The summed E-state index contributed by atoms with van der Waals surface area (Å²) in [6, 6.07) is 7.43. The summed E-state index contributed by atoms with van der Waals surface area (Å²) in [6.45, 7) is 1.90. The van der Waals surface area contributed by atoms with E-state index in [0.717, 1.165) is 10.4 Å². The maximum atomic E-state index is 12.3. The van der Waals surface area contributed by atoms with E-state index in [2.05, 4.69) is 10.3 Å². The van der Waals surface area contributed by atoms with Gasteiger partial charge in [-0.05, 0) is 31.2 Å². The molecule has 32 heavy (non-hydrogen) atoms. The Hall–Kier alpha value is -2.58. The largest absolute Gasteiger partial charge is 0.494 e. The average molecular weight is 474 g/mol. The zero-order valence-corrected chi connectivity index (χ0v) is 21.0. The molecule has 0 aromatic heterocycles. The number of carbonyl (C=O) groups is 1. The molecular weight excluding hydrogens is 453 g/mol. The first-order valence-corrected chi connectivity index (χ1v) is 10.3. The molecule has 1 N–H and O–H groups in total. The minimum Gasteiger partial charge on any atom is -0.494 e. The Balaban J connectivity index is 0.00000512. The first-order chi connectivity index (χ1) is 14.5. The van der Waals surface area contributed by atoms with Crippen LogP contribution < -0.4 is 9.75 Å². The number of aromatic carboxylic acids is 1. The fourth-order valence-electron chi connectivity index (χ4n) is 2.53. The number of anilines is 1. The van der Waals surface area contributed by atoms with Gasteiger partial charge in [-0.2, -0.15) is 0 Å². The van der Waals surface area contributed by atoms with E-state index in [9.17, 15) is 28.4 Å². The Labute approximate surface area is 207 Å². The molecule has 0 heterocycles. The van der Waals surface area contributed by atoms with Crippen LogP contribution in [0, 0.1) is 10.1 Å². The molecule has 1 radical (unpaired) electrons. The Morgan fingerprint density at radius 1 is 1.22 bits per heavy atom. The molecule has 14 heteroatoms. The molecule has 12 nitrogen and oxygen atoms in total. The van der Waals surface area contributed by atoms with Crippen LogP contribution >= 0.6 is 0 Å². The van der Waals surface area contributed by atoms with Crippen LogP contribution in [-0.2, 0) is 10.0 Å². The van der Waals surface area contributed by atoms with Crippen molar-refractivity contribution >= 4 is 62.6 Å². The summed E-state index contributed by atoms with van der Waals surface area (Å²) >= 11 is 0. The van der Waals surface area contributed by atoms with Gasteiger partial charge in [0.15, 0.2) is 5.75 Å². The minimum absolute atomic E-state index is 0. The normalized spacial score (nSPS) is 11.3. The third kappa shape index (κ3) is 6.01. The van der Waals surface area contributed by atoms with E-state index in [-0.39, 0.29) is 69.4 Å². The molecule has 0 spiro atoms. The van der Waals surface area contributed by atoms with Gasteiger partial charge in [0, 0.05) is 56.3 Å². The number of sulfonamides is 1. The second kappa shape index (κ2) is 11.3. The first kappa shape index (κ1) is 27.5. The van der Waals surface area contributed by atoms with E-state index in [4.69, 9.17) is 4.74 Å². The molecular formula is C18H21N5NaO7S. The summed E-state index contributed by atoms with van der Waals surface area (Å²) in [5, 5.41) is 29.8. The van der Waals surface area contributed by atoms with E-state index in [1.165, 1.54) is 56.5 Å². The number of non-ortho nitro benzene ring substituents is 1. The van der Waals surface area contributed by atoms with E-state index < -0.39 is 20.9 Å². The van der Waals surface area contributed by atoms with Gasteiger partial charge >= 0.3 is 5.97 Å². The van der Waals surface area contributed by atoms with Crippen molar-refractivity contribution in [2.24, 2.45) is 10.3 Å². The predicted octanol–water partition coefficient (Wildman–Crippen LogP) is 2.70. The Kier molecular flexibility index (Phi) is 9.72. The van der Waals surface area contributed by atoms with E-state index in [1.54, 1.807) is 6.92 Å². The van der Waals surface area contributed by atoms with Gasteiger partial charge in [0.25, 0.3) is 5.69 Å². The van der Waals surface area contributed by atoms with Crippen LogP contribution in [0.2, 0.25) is 0 Å². The smallest absolute Gasteiger partial charge is 0.337 e. The SMILES string of the molecule is CCN(N=Nc1ccc([N+](=O)[O-])cc1OC)c1ccc(S(=O)(=O)N(C)C)cc1C(=O)O.[Na]. The van der Waals surface area contributed by atoms with Gasteiger partial charge in [-0.1, -0.05) is 5.22 Å². The second-order valence-electron chi connectivity index (χ2n) is 6.29. The predicted molar refractivity (Wildman–Crippen MR) is 117 cm³/mol. The van der Waals surface area contributed by atoms with Gasteiger partial charge in [0.1, 0.15) is 5.69 Å². The number of hydrogen-bond donors (Lipinski definition) is 1. The standard InChI is InChI=1S/C18H21N5O7S.Na/c1-5-22(20-19-15-8-6-12(23(26)27)10-17(15)30-4)16-9-7-13(11-14(16)18(24)25)31(28,29)21(2)3;/h6-11H,5H2,1-4H3,(H,24,25);. The number of nitrogens with zero attached hydrogens (tertiary/aromatic N) is 5. The third-order valence-corrected chi connectivity index (χ3v) is 6.00. The maximum absolute atomic E-state index is 12.3. The van der Waals surface area contributed by atoms with Crippen molar-refractivity contribution in [1.29, 1.82) is 0 Å². The Morgan fingerprint density at radius 3 is 2.38 bits per heavy atom. The number of hydrogen-bond acceptors (Lipinski definition) is 8. The monoisotopic (exact) mass is 474 g/mol. The molecule has 2 aromatic rings. The van der Waals surface area contributed by atoms with Crippen molar-refractivity contribution in [2.45, 2.75) is 11.8 Å². The van der Waals surface area contributed by atoms with Gasteiger partial charge < -0.3 is 9.84 Å². The van der Waals surface area contributed by atoms with Crippen molar-refractivity contribution in [3.63, 3.8) is 0 Å². The van der Waals surface area contributed by atoms with Gasteiger partial charge in [-0.3, -0.25) is 10.1 Å². The van der Waals surface area contributed by atoms with Crippen molar-refractivity contribution < 1.29 is 28.0 Å². The quantitative estimate of drug-likeness (QED) is 0.252. The zero-order valence-electron chi connectivity index (χ0n) is 18.2. The maximum Gasteiger partial charge on any atom is 0.337 e. The van der Waals surface area contributed by atoms with Gasteiger partial charge in [0.05, 0.1) is 34.2 Å². The number of nitro groups is 1. The number of benzene rings is 2. The number of rotatable bonds is 9. The van der Waals surface area contributed by atoms with E-state index >= 15 is 0 Å². The van der Waals surface area contributed by atoms with Crippen LogP contribution in [0.3, 0.4) is 0 Å². The molecule has 167 valence electrons. The molecule has 0 saturated carbocycles. The van der Waals surface area contributed by atoms with Crippen LogP contribution in [0.4, 0.5) is 17.1 Å². The zero-order chi connectivity index (χ0) is 23.3. The van der Waals surface area contributed by atoms with Crippen LogP contribution in [0.15, 0.2) is 51.6 Å². The minimum atomic E-state index is -3.83. The number of methoxy groups -OCH3 is 1. The van der Waals surface area contributed by atoms with Crippen LogP contribution in [0.25, 0.3) is 0 Å². The molecule has 0 bridgehead atoms. The fourth-order valence-corrected chi connectivity index (χ4v) is 3.46. The molecule has 0 aliphatic carbocycles. The van der Waals surface area contributed by atoms with Crippen molar-refractivity contribution in [1.82, 2.24) is 4.31 Å². The number of ether oxygens (including phenoxy) is 1. The summed E-state index contributed by atoms with van der Waals surface area (Å²) in [4.78, 5) is 21.9. The van der Waals surface area contributed by atoms with Crippen molar-refractivity contribution in [3.8, 4) is 5.75 Å². The van der Waals surface area contributed by atoms with Crippen LogP contribution in [0.1, 0.15) is 17.3 Å². The Morgan fingerprint density at radius 2 is 1.88 bits per heavy atom.